The van der Waals surface area contributed by atoms with Crippen LogP contribution in [0.25, 0.3) is 0 Å². The second-order valence-corrected chi connectivity index (χ2v) is 6.11. The molecule has 116 valence electrons. The molecular formula is C17H27N3O. The highest BCUT2D eigenvalue weighted by Crippen LogP contribution is 2.29. The van der Waals surface area contributed by atoms with Crippen LogP contribution >= 0.6 is 0 Å². The lowest BCUT2D eigenvalue weighted by Gasteiger charge is -2.33. The summed E-state index contributed by atoms with van der Waals surface area (Å²) >= 11 is 0. The summed E-state index contributed by atoms with van der Waals surface area (Å²) in [5, 5.41) is 3.02. The molecule has 3 N–H and O–H groups in total. The van der Waals surface area contributed by atoms with Gasteiger partial charge in [0.1, 0.15) is 0 Å². The molecule has 1 fully saturated rings. The minimum atomic E-state index is 0.0498. The number of likely N-dealkylation sites (tertiary alicyclic amines) is 1. The van der Waals surface area contributed by atoms with Crippen LogP contribution in [0.4, 0.5) is 0 Å². The van der Waals surface area contributed by atoms with Crippen LogP contribution in [0.3, 0.4) is 0 Å². The van der Waals surface area contributed by atoms with E-state index < -0.39 is 0 Å². The minimum Gasteiger partial charge on any atom is -0.352 e. The Hall–Kier alpha value is -1.39. The quantitative estimate of drug-likeness (QED) is 0.871. The maximum absolute atomic E-state index is 11.2. The Morgan fingerprint density at radius 3 is 2.90 bits per heavy atom. The fourth-order valence-electron chi connectivity index (χ4n) is 3.25. The third kappa shape index (κ3) is 4.05. The number of carbonyl (C=O) groups excluding carboxylic acids is 1. The Bertz CT molecular complexity index is 489. The Morgan fingerprint density at radius 1 is 1.52 bits per heavy atom. The number of rotatable bonds is 5. The third-order valence-electron chi connectivity index (χ3n) is 4.28. The molecule has 0 aliphatic carbocycles. The molecule has 1 heterocycles. The molecule has 1 saturated heterocycles. The normalized spacial score (nSPS) is 22.0. The highest BCUT2D eigenvalue weighted by Gasteiger charge is 2.32. The number of carbonyl (C=O) groups is 1. The van der Waals surface area contributed by atoms with E-state index in [-0.39, 0.29) is 24.0 Å². The van der Waals surface area contributed by atoms with Crippen LogP contribution in [0, 0.1) is 6.92 Å². The Morgan fingerprint density at radius 2 is 2.29 bits per heavy atom. The second-order valence-electron chi connectivity index (χ2n) is 6.11. The molecule has 2 rings (SSSR count). The molecule has 4 nitrogen and oxygen atoms in total. The van der Waals surface area contributed by atoms with Gasteiger partial charge < -0.3 is 11.1 Å². The van der Waals surface area contributed by atoms with Gasteiger partial charge in [-0.2, -0.15) is 0 Å². The predicted molar refractivity (Wildman–Crippen MR) is 86.0 cm³/mol. The zero-order valence-electron chi connectivity index (χ0n) is 13.3. The van der Waals surface area contributed by atoms with E-state index >= 15 is 0 Å². The summed E-state index contributed by atoms with van der Waals surface area (Å²) in [5.74, 6) is 0.0498. The van der Waals surface area contributed by atoms with E-state index in [0.717, 1.165) is 25.9 Å². The molecule has 1 aliphatic heterocycles. The van der Waals surface area contributed by atoms with E-state index in [1.54, 1.807) is 6.92 Å². The Balaban J connectivity index is 2.16. The van der Waals surface area contributed by atoms with Gasteiger partial charge in [-0.05, 0) is 25.3 Å². The highest BCUT2D eigenvalue weighted by atomic mass is 16.1. The molecule has 0 radical (unpaired) electrons. The lowest BCUT2D eigenvalue weighted by Crippen LogP contribution is -2.42. The van der Waals surface area contributed by atoms with Crippen molar-refractivity contribution in [1.82, 2.24) is 10.2 Å². The average Bonchev–Trinajstić information content (AvgIpc) is 2.86. The van der Waals surface area contributed by atoms with E-state index in [1.807, 2.05) is 0 Å². The Kier molecular flexibility index (Phi) is 5.37. The molecule has 1 amide bonds. The first-order valence-corrected chi connectivity index (χ1v) is 7.84. The minimum absolute atomic E-state index is 0.0498. The van der Waals surface area contributed by atoms with Gasteiger partial charge in [-0.1, -0.05) is 36.8 Å². The van der Waals surface area contributed by atoms with Crippen LogP contribution in [-0.2, 0) is 4.79 Å². The highest BCUT2D eigenvalue weighted by molar-refractivity contribution is 5.73. The van der Waals surface area contributed by atoms with E-state index in [1.165, 1.54) is 11.1 Å². The largest absolute Gasteiger partial charge is 0.352 e. The van der Waals surface area contributed by atoms with Crippen molar-refractivity contribution in [2.45, 2.75) is 51.7 Å². The van der Waals surface area contributed by atoms with Crippen molar-refractivity contribution in [3.63, 3.8) is 0 Å². The van der Waals surface area contributed by atoms with Crippen LogP contribution in [0.1, 0.15) is 43.9 Å². The fraction of sp³-hybridized carbons (Fsp3) is 0.588. The van der Waals surface area contributed by atoms with Gasteiger partial charge in [0, 0.05) is 38.1 Å². The predicted octanol–water partition coefficient (Wildman–Crippen LogP) is 1.98. The van der Waals surface area contributed by atoms with E-state index in [9.17, 15) is 4.79 Å². The molecular weight excluding hydrogens is 262 g/mol. The van der Waals surface area contributed by atoms with Crippen molar-refractivity contribution in [2.24, 2.45) is 5.73 Å². The van der Waals surface area contributed by atoms with Gasteiger partial charge in [0.15, 0.2) is 0 Å². The van der Waals surface area contributed by atoms with Crippen molar-refractivity contribution >= 4 is 5.91 Å². The molecule has 0 saturated carbocycles. The van der Waals surface area contributed by atoms with Crippen molar-refractivity contribution in [1.29, 1.82) is 0 Å². The number of nitrogens with one attached hydrogen (secondary N) is 1. The lowest BCUT2D eigenvalue weighted by molar-refractivity contribution is -0.119. The van der Waals surface area contributed by atoms with Gasteiger partial charge in [0.05, 0.1) is 0 Å². The Labute approximate surface area is 127 Å². The number of nitrogens with two attached hydrogens (primary N) is 1. The van der Waals surface area contributed by atoms with Crippen molar-refractivity contribution in [3.8, 4) is 0 Å². The summed E-state index contributed by atoms with van der Waals surface area (Å²) in [5.41, 5.74) is 8.94. The maximum atomic E-state index is 11.2. The van der Waals surface area contributed by atoms with Crippen LogP contribution in [0.15, 0.2) is 24.3 Å². The molecule has 0 bridgehead atoms. The van der Waals surface area contributed by atoms with E-state index in [0.29, 0.717) is 0 Å². The van der Waals surface area contributed by atoms with Gasteiger partial charge >= 0.3 is 0 Å². The molecule has 3 unspecified atom stereocenters. The van der Waals surface area contributed by atoms with Crippen LogP contribution in [0.2, 0.25) is 0 Å². The van der Waals surface area contributed by atoms with Gasteiger partial charge in [-0.25, -0.2) is 0 Å². The van der Waals surface area contributed by atoms with Crippen molar-refractivity contribution < 1.29 is 4.79 Å². The first-order valence-electron chi connectivity index (χ1n) is 7.84. The molecule has 0 aromatic heterocycles. The average molecular weight is 289 g/mol. The number of hydrogen-bond acceptors (Lipinski definition) is 3. The number of hydrogen-bond donors (Lipinski definition) is 2. The smallest absolute Gasteiger partial charge is 0.217 e. The van der Waals surface area contributed by atoms with Gasteiger partial charge in [-0.15, -0.1) is 0 Å². The van der Waals surface area contributed by atoms with Crippen molar-refractivity contribution in [3.05, 3.63) is 35.4 Å². The lowest BCUT2D eigenvalue weighted by atomic mass is 9.95. The van der Waals surface area contributed by atoms with Gasteiger partial charge in [0.25, 0.3) is 0 Å². The number of amides is 1. The molecule has 4 heteroatoms. The summed E-state index contributed by atoms with van der Waals surface area (Å²) in [6.45, 7) is 7.69. The SMILES string of the molecule is CCC(N)C(c1cccc(C)c1)N1CCC(NC(C)=O)C1. The third-order valence-corrected chi connectivity index (χ3v) is 4.28. The molecule has 1 aliphatic rings. The summed E-state index contributed by atoms with van der Waals surface area (Å²) in [7, 11) is 0. The topological polar surface area (TPSA) is 58.4 Å². The standard InChI is InChI=1S/C17H27N3O/c1-4-16(18)17(14-7-5-6-12(2)10-14)20-9-8-15(11-20)19-13(3)21/h5-7,10,15-17H,4,8-9,11,18H2,1-3H3,(H,19,21). The van der Waals surface area contributed by atoms with Crippen LogP contribution < -0.4 is 11.1 Å². The fourth-order valence-corrected chi connectivity index (χ4v) is 3.25. The van der Waals surface area contributed by atoms with Crippen molar-refractivity contribution in [2.75, 3.05) is 13.1 Å². The molecule has 1 aromatic rings. The van der Waals surface area contributed by atoms with Crippen LogP contribution in [-0.4, -0.2) is 36.0 Å². The maximum Gasteiger partial charge on any atom is 0.217 e. The van der Waals surface area contributed by atoms with E-state index in [2.05, 4.69) is 48.3 Å². The van der Waals surface area contributed by atoms with Gasteiger partial charge in [0.2, 0.25) is 5.91 Å². The van der Waals surface area contributed by atoms with E-state index in [4.69, 9.17) is 5.73 Å². The van der Waals surface area contributed by atoms with Crippen LogP contribution in [0.5, 0.6) is 0 Å². The molecule has 1 aromatic carbocycles. The summed E-state index contributed by atoms with van der Waals surface area (Å²) in [4.78, 5) is 13.6. The molecule has 21 heavy (non-hydrogen) atoms. The first kappa shape index (κ1) is 16.0. The summed E-state index contributed by atoms with van der Waals surface area (Å²) < 4.78 is 0. The molecule has 3 atom stereocenters. The number of nitrogens with zero attached hydrogens (tertiary/aromatic N) is 1. The summed E-state index contributed by atoms with van der Waals surface area (Å²) in [6.07, 6.45) is 1.94. The van der Waals surface area contributed by atoms with Gasteiger partial charge in [-0.3, -0.25) is 9.69 Å². The zero-order valence-corrected chi connectivity index (χ0v) is 13.3. The second kappa shape index (κ2) is 7.05. The first-order chi connectivity index (χ1) is 10.0. The molecule has 0 spiro atoms. The zero-order chi connectivity index (χ0) is 15.4. The monoisotopic (exact) mass is 289 g/mol. The summed E-state index contributed by atoms with van der Waals surface area (Å²) in [6, 6.07) is 9.20. The number of benzene rings is 1. The number of aryl methyl sites for hydroxylation is 1.